The molecule has 0 aromatic carbocycles. The van der Waals surface area contributed by atoms with Gasteiger partial charge in [0.2, 0.25) is 5.91 Å². The number of carboxylic acid groups (broad SMARTS) is 1. The van der Waals surface area contributed by atoms with E-state index >= 15 is 0 Å². The predicted molar refractivity (Wildman–Crippen MR) is 69.7 cm³/mol. The summed E-state index contributed by atoms with van der Waals surface area (Å²) < 4.78 is 5.71. The number of hydrogen-bond donors (Lipinski definition) is 1. The Morgan fingerprint density at radius 3 is 2.63 bits per heavy atom. The quantitative estimate of drug-likeness (QED) is 0.843. The van der Waals surface area contributed by atoms with Crippen LogP contribution >= 0.6 is 0 Å². The lowest BCUT2D eigenvalue weighted by atomic mass is 9.88. The van der Waals surface area contributed by atoms with Crippen LogP contribution in [-0.4, -0.2) is 47.2 Å². The maximum absolute atomic E-state index is 12.0. The first-order valence-electron chi connectivity index (χ1n) is 7.23. The lowest BCUT2D eigenvalue weighted by molar-refractivity contribution is -0.151. The highest BCUT2D eigenvalue weighted by Crippen LogP contribution is 2.26. The number of amides is 1. The summed E-state index contributed by atoms with van der Waals surface area (Å²) in [5.41, 5.74) is 0. The summed E-state index contributed by atoms with van der Waals surface area (Å²) in [6.45, 7) is 2.72. The molecule has 1 aliphatic carbocycles. The summed E-state index contributed by atoms with van der Waals surface area (Å²) in [6.07, 6.45) is 6.04. The standard InChI is InChI=1S/C14H23NO4/c1-10-5-2-3-7-12(10)19-9-13(16)15-8-4-6-11(15)14(17)18/h10-12H,2-9H2,1H3,(H,17,18)/t10?,11-,12?/m0/s1. The average molecular weight is 269 g/mol. The molecule has 2 aliphatic rings. The fourth-order valence-electron chi connectivity index (χ4n) is 3.11. The Bertz CT molecular complexity index is 344. The molecule has 0 bridgehead atoms. The van der Waals surface area contributed by atoms with Gasteiger partial charge in [-0.1, -0.05) is 19.8 Å². The van der Waals surface area contributed by atoms with E-state index in [0.29, 0.717) is 18.9 Å². The smallest absolute Gasteiger partial charge is 0.326 e. The van der Waals surface area contributed by atoms with Gasteiger partial charge < -0.3 is 14.7 Å². The van der Waals surface area contributed by atoms with Crippen LogP contribution in [0, 0.1) is 5.92 Å². The van der Waals surface area contributed by atoms with Gasteiger partial charge in [0.1, 0.15) is 12.6 Å². The Morgan fingerprint density at radius 2 is 1.95 bits per heavy atom. The molecule has 2 rings (SSSR count). The fraction of sp³-hybridized carbons (Fsp3) is 0.857. The summed E-state index contributed by atoms with van der Waals surface area (Å²) in [6, 6.07) is -0.653. The molecular formula is C14H23NO4. The van der Waals surface area contributed by atoms with E-state index in [0.717, 1.165) is 25.7 Å². The second kappa shape index (κ2) is 6.37. The molecule has 1 heterocycles. The third-order valence-corrected chi connectivity index (χ3v) is 4.31. The average Bonchev–Trinajstić information content (AvgIpc) is 2.87. The van der Waals surface area contributed by atoms with Crippen LogP contribution in [0.25, 0.3) is 0 Å². The number of likely N-dealkylation sites (tertiary alicyclic amines) is 1. The normalized spacial score (nSPS) is 31.4. The predicted octanol–water partition coefficient (Wildman–Crippen LogP) is 1.66. The van der Waals surface area contributed by atoms with Crippen molar-refractivity contribution in [3.8, 4) is 0 Å². The van der Waals surface area contributed by atoms with Crippen molar-refractivity contribution in [2.24, 2.45) is 5.92 Å². The minimum absolute atomic E-state index is 0.0266. The van der Waals surface area contributed by atoms with Crippen molar-refractivity contribution >= 4 is 11.9 Å². The lowest BCUT2D eigenvalue weighted by Gasteiger charge is -2.29. The molecule has 3 atom stereocenters. The van der Waals surface area contributed by atoms with E-state index in [-0.39, 0.29) is 18.6 Å². The molecule has 0 radical (unpaired) electrons. The molecule has 1 saturated heterocycles. The van der Waals surface area contributed by atoms with Crippen LogP contribution in [0.15, 0.2) is 0 Å². The molecule has 1 amide bonds. The number of carboxylic acids is 1. The first-order chi connectivity index (χ1) is 9.09. The zero-order valence-electron chi connectivity index (χ0n) is 11.5. The fourth-order valence-corrected chi connectivity index (χ4v) is 3.11. The Hall–Kier alpha value is -1.10. The topological polar surface area (TPSA) is 66.8 Å². The highest BCUT2D eigenvalue weighted by Gasteiger charge is 2.34. The largest absolute Gasteiger partial charge is 0.480 e. The van der Waals surface area contributed by atoms with Crippen LogP contribution < -0.4 is 0 Å². The third-order valence-electron chi connectivity index (χ3n) is 4.31. The van der Waals surface area contributed by atoms with Crippen molar-refractivity contribution in [2.75, 3.05) is 13.2 Å². The molecular weight excluding hydrogens is 246 g/mol. The molecule has 0 spiro atoms. The number of ether oxygens (including phenoxy) is 1. The summed E-state index contributed by atoms with van der Waals surface area (Å²) in [7, 11) is 0. The molecule has 0 aromatic rings. The second-order valence-corrected chi connectivity index (χ2v) is 5.69. The first-order valence-corrected chi connectivity index (χ1v) is 7.23. The van der Waals surface area contributed by atoms with Gasteiger partial charge in [0.05, 0.1) is 6.10 Å². The van der Waals surface area contributed by atoms with Gasteiger partial charge in [0.15, 0.2) is 0 Å². The molecule has 5 heteroatoms. The van der Waals surface area contributed by atoms with Crippen LogP contribution in [-0.2, 0) is 14.3 Å². The number of rotatable bonds is 4. The summed E-state index contributed by atoms with van der Waals surface area (Å²) in [5.74, 6) is -0.588. The lowest BCUT2D eigenvalue weighted by Crippen LogP contribution is -2.43. The summed E-state index contributed by atoms with van der Waals surface area (Å²) in [4.78, 5) is 24.5. The number of nitrogens with zero attached hydrogens (tertiary/aromatic N) is 1. The Morgan fingerprint density at radius 1 is 1.21 bits per heavy atom. The maximum atomic E-state index is 12.0. The highest BCUT2D eigenvalue weighted by atomic mass is 16.5. The zero-order chi connectivity index (χ0) is 13.8. The van der Waals surface area contributed by atoms with E-state index in [9.17, 15) is 9.59 Å². The van der Waals surface area contributed by atoms with Crippen LogP contribution in [0.3, 0.4) is 0 Å². The third kappa shape index (κ3) is 3.47. The van der Waals surface area contributed by atoms with Gasteiger partial charge in [-0.05, 0) is 31.6 Å². The Kier molecular flexibility index (Phi) is 4.80. The molecule has 2 unspecified atom stereocenters. The van der Waals surface area contributed by atoms with E-state index in [2.05, 4.69) is 6.92 Å². The molecule has 1 N–H and O–H groups in total. The summed E-state index contributed by atoms with van der Waals surface area (Å²) in [5, 5.41) is 9.06. The Balaban J connectivity index is 1.82. The number of hydrogen-bond acceptors (Lipinski definition) is 3. The van der Waals surface area contributed by atoms with Crippen molar-refractivity contribution < 1.29 is 19.4 Å². The van der Waals surface area contributed by atoms with Crippen molar-refractivity contribution in [1.29, 1.82) is 0 Å². The number of aliphatic carboxylic acids is 1. The first kappa shape index (κ1) is 14.3. The molecule has 1 saturated carbocycles. The van der Waals surface area contributed by atoms with E-state index in [1.54, 1.807) is 0 Å². The molecule has 2 fully saturated rings. The monoisotopic (exact) mass is 269 g/mol. The molecule has 108 valence electrons. The molecule has 0 aromatic heterocycles. The SMILES string of the molecule is CC1CCCCC1OCC(=O)N1CCC[C@H]1C(=O)O. The highest BCUT2D eigenvalue weighted by molar-refractivity contribution is 5.84. The minimum atomic E-state index is -0.906. The second-order valence-electron chi connectivity index (χ2n) is 5.69. The van der Waals surface area contributed by atoms with E-state index < -0.39 is 12.0 Å². The van der Waals surface area contributed by atoms with Gasteiger partial charge >= 0.3 is 5.97 Å². The van der Waals surface area contributed by atoms with E-state index in [1.807, 2.05) is 0 Å². The van der Waals surface area contributed by atoms with Gasteiger partial charge in [-0.15, -0.1) is 0 Å². The van der Waals surface area contributed by atoms with Gasteiger partial charge in [-0.25, -0.2) is 4.79 Å². The zero-order valence-corrected chi connectivity index (χ0v) is 11.5. The molecule has 19 heavy (non-hydrogen) atoms. The van der Waals surface area contributed by atoms with Crippen molar-refractivity contribution in [3.05, 3.63) is 0 Å². The molecule has 1 aliphatic heterocycles. The van der Waals surface area contributed by atoms with Crippen LogP contribution in [0.2, 0.25) is 0 Å². The molecule has 5 nitrogen and oxygen atoms in total. The van der Waals surface area contributed by atoms with Gasteiger partial charge in [-0.3, -0.25) is 4.79 Å². The van der Waals surface area contributed by atoms with Gasteiger partial charge in [-0.2, -0.15) is 0 Å². The van der Waals surface area contributed by atoms with Crippen LogP contribution in [0.4, 0.5) is 0 Å². The van der Waals surface area contributed by atoms with Crippen molar-refractivity contribution in [2.45, 2.75) is 57.6 Å². The minimum Gasteiger partial charge on any atom is -0.480 e. The van der Waals surface area contributed by atoms with Gasteiger partial charge in [0, 0.05) is 6.54 Å². The number of carbonyl (C=O) groups is 2. The number of carbonyl (C=O) groups excluding carboxylic acids is 1. The van der Waals surface area contributed by atoms with E-state index in [4.69, 9.17) is 9.84 Å². The van der Waals surface area contributed by atoms with Gasteiger partial charge in [0.25, 0.3) is 0 Å². The van der Waals surface area contributed by atoms with Crippen molar-refractivity contribution in [3.63, 3.8) is 0 Å². The Labute approximate surface area is 113 Å². The summed E-state index contributed by atoms with van der Waals surface area (Å²) >= 11 is 0. The van der Waals surface area contributed by atoms with Crippen LogP contribution in [0.5, 0.6) is 0 Å². The van der Waals surface area contributed by atoms with E-state index in [1.165, 1.54) is 11.3 Å². The van der Waals surface area contributed by atoms with Crippen LogP contribution in [0.1, 0.15) is 45.4 Å². The maximum Gasteiger partial charge on any atom is 0.326 e. The van der Waals surface area contributed by atoms with Crippen molar-refractivity contribution in [1.82, 2.24) is 4.90 Å².